The molecule has 0 radical (unpaired) electrons. The van der Waals surface area contributed by atoms with Crippen LogP contribution in [0.5, 0.6) is 23.0 Å². The van der Waals surface area contributed by atoms with Gasteiger partial charge < -0.3 is 19.5 Å². The van der Waals surface area contributed by atoms with Gasteiger partial charge in [0.05, 0.1) is 29.8 Å². The number of fused-ring (bicyclic) bond motifs is 1. The van der Waals surface area contributed by atoms with E-state index in [9.17, 15) is 4.79 Å². The molecular weight excluding hydrogens is 620 g/mol. The summed E-state index contributed by atoms with van der Waals surface area (Å²) in [6.45, 7) is 0. The van der Waals surface area contributed by atoms with Crippen LogP contribution in [0.2, 0.25) is 0 Å². The number of hydrogen-bond acceptors (Lipinski definition) is 5. The number of hydrogen-bond donors (Lipinski definition) is 1. The number of carbonyl (C=O) groups excluding carboxylic acids is 1. The molecule has 4 rings (SSSR count). The smallest absolute Gasteiger partial charge is 0.259 e. The van der Waals surface area contributed by atoms with Crippen molar-refractivity contribution in [3.63, 3.8) is 0 Å². The van der Waals surface area contributed by atoms with Crippen LogP contribution in [0.4, 0.5) is 5.69 Å². The molecule has 0 bridgehead atoms. The summed E-state index contributed by atoms with van der Waals surface area (Å²) >= 11 is 10.4. The summed E-state index contributed by atoms with van der Waals surface area (Å²) in [4.78, 5) is 17.6. The van der Waals surface area contributed by atoms with Gasteiger partial charge in [0.25, 0.3) is 5.91 Å². The Balaban J connectivity index is 1.76. The van der Waals surface area contributed by atoms with Gasteiger partial charge in [-0.1, -0.05) is 31.9 Å². The van der Waals surface area contributed by atoms with Crippen molar-refractivity contribution in [2.24, 2.45) is 0 Å². The molecule has 1 aromatic heterocycles. The molecule has 0 aliphatic carbocycles. The minimum Gasteiger partial charge on any atom is -0.493 e. The van der Waals surface area contributed by atoms with Crippen molar-refractivity contribution in [3.05, 3.63) is 79.8 Å². The first kappa shape index (κ1) is 23.5. The highest BCUT2D eigenvalue weighted by Crippen LogP contribution is 2.41. The van der Waals surface area contributed by atoms with Crippen LogP contribution in [0.3, 0.4) is 0 Å². The van der Waals surface area contributed by atoms with Gasteiger partial charge in [-0.15, -0.1) is 0 Å². The maximum absolute atomic E-state index is 13.2. The van der Waals surface area contributed by atoms with Gasteiger partial charge in [-0.05, 0) is 64.5 Å². The fourth-order valence-electron chi connectivity index (χ4n) is 3.21. The first-order valence-corrected chi connectivity index (χ1v) is 12.0. The molecule has 0 atom stereocenters. The molecule has 0 saturated carbocycles. The van der Waals surface area contributed by atoms with Crippen molar-refractivity contribution in [3.8, 4) is 23.0 Å². The second-order valence-electron chi connectivity index (χ2n) is 6.86. The van der Waals surface area contributed by atoms with Crippen molar-refractivity contribution in [1.29, 1.82) is 0 Å². The molecule has 0 fully saturated rings. The SMILES string of the molecule is COc1cc2nccc(Oc3c(Br)cc(Br)cc3C(=O)Nc3ccc(Br)cc3)c2cc1OC. The zero-order valence-electron chi connectivity index (χ0n) is 17.5. The predicted molar refractivity (Wildman–Crippen MR) is 139 cm³/mol. The van der Waals surface area contributed by atoms with Crippen LogP contribution in [0.1, 0.15) is 10.4 Å². The lowest BCUT2D eigenvalue weighted by Crippen LogP contribution is -2.13. The highest BCUT2D eigenvalue weighted by Gasteiger charge is 2.20. The van der Waals surface area contributed by atoms with Gasteiger partial charge in [0, 0.05) is 32.3 Å². The van der Waals surface area contributed by atoms with Gasteiger partial charge in [-0.3, -0.25) is 9.78 Å². The minimum atomic E-state index is -0.313. The molecule has 33 heavy (non-hydrogen) atoms. The lowest BCUT2D eigenvalue weighted by atomic mass is 10.1. The quantitative estimate of drug-likeness (QED) is 0.236. The van der Waals surface area contributed by atoms with E-state index in [-0.39, 0.29) is 5.91 Å². The van der Waals surface area contributed by atoms with Crippen LogP contribution in [0.15, 0.2) is 74.2 Å². The Bertz CT molecular complexity index is 1340. The first-order chi connectivity index (χ1) is 15.9. The molecule has 0 aliphatic rings. The van der Waals surface area contributed by atoms with Crippen molar-refractivity contribution in [2.75, 3.05) is 19.5 Å². The van der Waals surface area contributed by atoms with E-state index in [0.29, 0.717) is 49.6 Å². The number of ether oxygens (including phenoxy) is 3. The number of amides is 1. The fraction of sp³-hybridized carbons (Fsp3) is 0.0833. The topological polar surface area (TPSA) is 69.7 Å². The third kappa shape index (κ3) is 5.15. The fourth-order valence-corrected chi connectivity index (χ4v) is 4.78. The minimum absolute atomic E-state index is 0.313. The van der Waals surface area contributed by atoms with E-state index in [4.69, 9.17) is 14.2 Å². The molecule has 4 aromatic rings. The lowest BCUT2D eigenvalue weighted by molar-refractivity contribution is 0.102. The van der Waals surface area contributed by atoms with Gasteiger partial charge >= 0.3 is 0 Å². The summed E-state index contributed by atoms with van der Waals surface area (Å²) in [7, 11) is 3.13. The molecule has 0 saturated heterocycles. The second kappa shape index (κ2) is 10.1. The molecule has 0 aliphatic heterocycles. The maximum Gasteiger partial charge on any atom is 0.259 e. The van der Waals surface area contributed by atoms with E-state index in [0.717, 1.165) is 8.95 Å². The van der Waals surface area contributed by atoms with E-state index in [1.807, 2.05) is 30.3 Å². The van der Waals surface area contributed by atoms with Crippen molar-refractivity contribution in [2.45, 2.75) is 0 Å². The summed E-state index contributed by atoms with van der Waals surface area (Å²) < 4.78 is 19.4. The van der Waals surface area contributed by atoms with Crippen LogP contribution < -0.4 is 19.5 Å². The van der Waals surface area contributed by atoms with Gasteiger partial charge in [-0.25, -0.2) is 0 Å². The standard InChI is InChI=1S/C24H17Br3N2O4/c1-31-21-11-16-19(12-22(21)32-2)28-8-7-20(16)33-23-17(9-14(26)10-18(23)27)24(30)29-15-5-3-13(25)4-6-15/h3-12H,1-2H3,(H,29,30). The van der Waals surface area contributed by atoms with Crippen LogP contribution in [0, 0.1) is 0 Å². The van der Waals surface area contributed by atoms with Gasteiger partial charge in [0.1, 0.15) is 5.75 Å². The van der Waals surface area contributed by atoms with Crippen LogP contribution >= 0.6 is 47.8 Å². The van der Waals surface area contributed by atoms with E-state index >= 15 is 0 Å². The molecule has 9 heteroatoms. The lowest BCUT2D eigenvalue weighted by Gasteiger charge is -2.16. The van der Waals surface area contributed by atoms with E-state index in [1.165, 1.54) is 0 Å². The number of nitrogens with zero attached hydrogens (tertiary/aromatic N) is 1. The molecule has 168 valence electrons. The molecule has 6 nitrogen and oxygen atoms in total. The molecule has 3 aromatic carbocycles. The first-order valence-electron chi connectivity index (χ1n) is 9.64. The molecule has 1 heterocycles. The normalized spacial score (nSPS) is 10.7. The summed E-state index contributed by atoms with van der Waals surface area (Å²) in [5.41, 5.74) is 1.68. The number of nitrogens with one attached hydrogen (secondary N) is 1. The summed E-state index contributed by atoms with van der Waals surface area (Å²) in [5, 5.41) is 3.62. The largest absolute Gasteiger partial charge is 0.493 e. The Kier molecular flexibility index (Phi) is 7.21. The third-order valence-corrected chi connectivity index (χ3v) is 6.35. The van der Waals surface area contributed by atoms with Crippen LogP contribution in [0.25, 0.3) is 10.9 Å². The Morgan fingerprint density at radius 2 is 1.55 bits per heavy atom. The van der Waals surface area contributed by atoms with Crippen molar-refractivity contribution >= 4 is 70.3 Å². The maximum atomic E-state index is 13.2. The van der Waals surface area contributed by atoms with Crippen molar-refractivity contribution in [1.82, 2.24) is 4.98 Å². The Hall–Kier alpha value is -2.62. The number of benzene rings is 3. The molecule has 0 spiro atoms. The monoisotopic (exact) mass is 634 g/mol. The van der Waals surface area contributed by atoms with Gasteiger partial charge in [0.15, 0.2) is 17.2 Å². The van der Waals surface area contributed by atoms with E-state index < -0.39 is 0 Å². The average Bonchev–Trinajstić information content (AvgIpc) is 2.81. The molecule has 1 amide bonds. The highest BCUT2D eigenvalue weighted by molar-refractivity contribution is 9.11. The number of carbonyl (C=O) groups is 1. The Labute approximate surface area is 215 Å². The number of pyridine rings is 1. The van der Waals surface area contributed by atoms with Crippen LogP contribution in [-0.4, -0.2) is 25.1 Å². The number of anilines is 1. The number of aromatic nitrogens is 1. The zero-order chi connectivity index (χ0) is 23.5. The van der Waals surface area contributed by atoms with Gasteiger partial charge in [0.2, 0.25) is 0 Å². The molecule has 0 unspecified atom stereocenters. The summed E-state index contributed by atoms with van der Waals surface area (Å²) in [6.07, 6.45) is 1.64. The summed E-state index contributed by atoms with van der Waals surface area (Å²) in [5.74, 6) is 1.68. The van der Waals surface area contributed by atoms with E-state index in [2.05, 4.69) is 58.1 Å². The summed E-state index contributed by atoms with van der Waals surface area (Å²) in [6, 6.07) is 16.2. The zero-order valence-corrected chi connectivity index (χ0v) is 22.2. The van der Waals surface area contributed by atoms with Crippen LogP contribution in [-0.2, 0) is 0 Å². The Morgan fingerprint density at radius 1 is 0.848 bits per heavy atom. The number of halogens is 3. The van der Waals surface area contributed by atoms with Gasteiger partial charge in [-0.2, -0.15) is 0 Å². The third-order valence-electron chi connectivity index (χ3n) is 4.77. The molecule has 1 N–H and O–H groups in total. The number of rotatable bonds is 6. The number of methoxy groups -OCH3 is 2. The van der Waals surface area contributed by atoms with Crippen molar-refractivity contribution < 1.29 is 19.0 Å². The average molecular weight is 637 g/mol. The van der Waals surface area contributed by atoms with E-state index in [1.54, 1.807) is 44.7 Å². The highest BCUT2D eigenvalue weighted by atomic mass is 79.9. The molecular formula is C24H17Br3N2O4. The second-order valence-corrected chi connectivity index (χ2v) is 9.55. The Morgan fingerprint density at radius 3 is 2.24 bits per heavy atom. The predicted octanol–water partition coefficient (Wildman–Crippen LogP) is 7.58.